The maximum Gasteiger partial charge on any atom is 0.258 e. The molecule has 6 nitrogen and oxygen atoms in total. The molecule has 2 saturated heterocycles. The standard InChI is InChI=1S/C24H25N5O/c25-15-17-5-7-19(8-6-17)28-13-10-20(11-14-28)29-12-9-18(16-29)23-26-22-4-2-1-3-21(22)24(30)27-23/h1-8,18,20H,9-14,16H2,(H,26,27,30). The van der Waals surface area contributed by atoms with Gasteiger partial charge in [-0.1, -0.05) is 12.1 Å². The molecule has 0 bridgehead atoms. The Morgan fingerprint density at radius 2 is 1.77 bits per heavy atom. The van der Waals surface area contributed by atoms with Gasteiger partial charge in [0.05, 0.1) is 22.5 Å². The second kappa shape index (κ2) is 7.92. The van der Waals surface area contributed by atoms with Crippen LogP contribution in [-0.2, 0) is 0 Å². The molecule has 0 aliphatic carbocycles. The second-order valence-corrected chi connectivity index (χ2v) is 8.33. The molecular weight excluding hydrogens is 374 g/mol. The van der Waals surface area contributed by atoms with Crippen molar-refractivity contribution in [3.63, 3.8) is 0 Å². The summed E-state index contributed by atoms with van der Waals surface area (Å²) in [6.07, 6.45) is 3.31. The summed E-state index contributed by atoms with van der Waals surface area (Å²) in [7, 11) is 0. The van der Waals surface area contributed by atoms with E-state index in [0.717, 1.165) is 56.8 Å². The zero-order valence-corrected chi connectivity index (χ0v) is 16.9. The normalized spacial score (nSPS) is 20.5. The van der Waals surface area contributed by atoms with E-state index in [1.807, 2.05) is 48.5 Å². The third-order valence-electron chi connectivity index (χ3n) is 6.58. The van der Waals surface area contributed by atoms with Crippen molar-refractivity contribution < 1.29 is 0 Å². The number of hydrogen-bond acceptors (Lipinski definition) is 5. The number of aromatic amines is 1. The minimum Gasteiger partial charge on any atom is -0.371 e. The van der Waals surface area contributed by atoms with Crippen LogP contribution in [0.3, 0.4) is 0 Å². The van der Waals surface area contributed by atoms with E-state index in [1.54, 1.807) is 0 Å². The molecule has 6 heteroatoms. The van der Waals surface area contributed by atoms with Gasteiger partial charge in [0.15, 0.2) is 0 Å². The van der Waals surface area contributed by atoms with Crippen LogP contribution in [0.2, 0.25) is 0 Å². The van der Waals surface area contributed by atoms with Crippen molar-refractivity contribution in [3.05, 3.63) is 70.3 Å². The number of para-hydroxylation sites is 1. The Kier molecular flexibility index (Phi) is 4.97. The highest BCUT2D eigenvalue weighted by molar-refractivity contribution is 5.77. The van der Waals surface area contributed by atoms with Crippen LogP contribution >= 0.6 is 0 Å². The summed E-state index contributed by atoms with van der Waals surface area (Å²) in [6, 6.07) is 18.2. The van der Waals surface area contributed by atoms with Crippen LogP contribution in [0.1, 0.15) is 36.6 Å². The lowest BCUT2D eigenvalue weighted by Crippen LogP contribution is -2.44. The molecule has 1 atom stereocenters. The zero-order chi connectivity index (χ0) is 20.5. The van der Waals surface area contributed by atoms with Gasteiger partial charge in [0.2, 0.25) is 0 Å². The molecule has 3 aromatic rings. The third kappa shape index (κ3) is 3.57. The summed E-state index contributed by atoms with van der Waals surface area (Å²) in [5.74, 6) is 1.12. The molecular formula is C24H25N5O. The molecule has 0 saturated carbocycles. The SMILES string of the molecule is N#Cc1ccc(N2CCC(N3CCC(c4nc5ccccc5c(=O)[nH]4)C3)CC2)cc1. The van der Waals surface area contributed by atoms with E-state index in [2.05, 4.69) is 20.9 Å². The summed E-state index contributed by atoms with van der Waals surface area (Å²) in [6.45, 7) is 4.08. The Labute approximate surface area is 175 Å². The molecule has 3 heterocycles. The third-order valence-corrected chi connectivity index (χ3v) is 6.58. The minimum absolute atomic E-state index is 0.0372. The first-order chi connectivity index (χ1) is 14.7. The van der Waals surface area contributed by atoms with E-state index in [4.69, 9.17) is 10.2 Å². The van der Waals surface area contributed by atoms with Crippen LogP contribution in [0.4, 0.5) is 5.69 Å². The van der Waals surface area contributed by atoms with E-state index in [-0.39, 0.29) is 5.56 Å². The number of fused-ring (bicyclic) bond motifs is 1. The van der Waals surface area contributed by atoms with Crippen LogP contribution in [0.25, 0.3) is 10.9 Å². The van der Waals surface area contributed by atoms with Gasteiger partial charge in [-0.2, -0.15) is 5.26 Å². The van der Waals surface area contributed by atoms with Gasteiger partial charge in [0.1, 0.15) is 5.82 Å². The predicted octanol–water partition coefficient (Wildman–Crippen LogP) is 3.25. The number of nitrogens with zero attached hydrogens (tertiary/aromatic N) is 4. The van der Waals surface area contributed by atoms with Crippen molar-refractivity contribution in [1.29, 1.82) is 5.26 Å². The van der Waals surface area contributed by atoms with E-state index in [0.29, 0.717) is 22.9 Å². The molecule has 30 heavy (non-hydrogen) atoms. The topological polar surface area (TPSA) is 76.0 Å². The highest BCUT2D eigenvalue weighted by Crippen LogP contribution is 2.30. The number of nitrogens with one attached hydrogen (secondary N) is 1. The zero-order valence-electron chi connectivity index (χ0n) is 16.9. The van der Waals surface area contributed by atoms with Crippen molar-refractivity contribution >= 4 is 16.6 Å². The number of aromatic nitrogens is 2. The van der Waals surface area contributed by atoms with Gasteiger partial charge in [-0.3, -0.25) is 9.69 Å². The molecule has 1 N–H and O–H groups in total. The number of benzene rings is 2. The number of piperidine rings is 1. The summed E-state index contributed by atoms with van der Waals surface area (Å²) in [4.78, 5) is 25.2. The van der Waals surface area contributed by atoms with E-state index >= 15 is 0 Å². The molecule has 2 aliphatic rings. The smallest absolute Gasteiger partial charge is 0.258 e. The van der Waals surface area contributed by atoms with Crippen LogP contribution in [0, 0.1) is 11.3 Å². The van der Waals surface area contributed by atoms with E-state index in [9.17, 15) is 4.79 Å². The summed E-state index contributed by atoms with van der Waals surface area (Å²) >= 11 is 0. The highest BCUT2D eigenvalue weighted by Gasteiger charge is 2.32. The number of nitriles is 1. The number of hydrogen-bond donors (Lipinski definition) is 1. The van der Waals surface area contributed by atoms with Gasteiger partial charge >= 0.3 is 0 Å². The first kappa shape index (κ1) is 18.8. The lowest BCUT2D eigenvalue weighted by molar-refractivity contribution is 0.205. The Bertz CT molecular complexity index is 1140. The fraction of sp³-hybridized carbons (Fsp3) is 0.375. The van der Waals surface area contributed by atoms with Crippen LogP contribution in [0.15, 0.2) is 53.3 Å². The van der Waals surface area contributed by atoms with Crippen LogP contribution in [0.5, 0.6) is 0 Å². The van der Waals surface area contributed by atoms with E-state index < -0.39 is 0 Å². The lowest BCUT2D eigenvalue weighted by Gasteiger charge is -2.38. The summed E-state index contributed by atoms with van der Waals surface area (Å²) in [5.41, 5.74) is 2.65. The minimum atomic E-state index is -0.0372. The molecule has 2 aromatic carbocycles. The number of H-pyrrole nitrogens is 1. The van der Waals surface area contributed by atoms with Gasteiger partial charge in [-0.25, -0.2) is 4.98 Å². The van der Waals surface area contributed by atoms with Crippen molar-refractivity contribution in [2.24, 2.45) is 0 Å². The van der Waals surface area contributed by atoms with Gasteiger partial charge in [0, 0.05) is 37.3 Å². The molecule has 1 unspecified atom stereocenters. The maximum absolute atomic E-state index is 12.4. The average Bonchev–Trinajstić information content (AvgIpc) is 3.30. The molecule has 5 rings (SSSR count). The highest BCUT2D eigenvalue weighted by atomic mass is 16.1. The molecule has 0 amide bonds. The Morgan fingerprint density at radius 1 is 1.00 bits per heavy atom. The first-order valence-corrected chi connectivity index (χ1v) is 10.7. The lowest BCUT2D eigenvalue weighted by atomic mass is 10.0. The van der Waals surface area contributed by atoms with Crippen LogP contribution in [-0.4, -0.2) is 47.1 Å². The van der Waals surface area contributed by atoms with Gasteiger partial charge < -0.3 is 9.88 Å². The Hall–Kier alpha value is -3.17. The molecule has 2 fully saturated rings. The molecule has 1 aromatic heterocycles. The number of anilines is 1. The summed E-state index contributed by atoms with van der Waals surface area (Å²) < 4.78 is 0. The fourth-order valence-corrected chi connectivity index (χ4v) is 4.88. The number of rotatable bonds is 3. The van der Waals surface area contributed by atoms with Crippen molar-refractivity contribution in [2.75, 3.05) is 31.1 Å². The Balaban J connectivity index is 1.23. The fourth-order valence-electron chi connectivity index (χ4n) is 4.88. The number of likely N-dealkylation sites (tertiary alicyclic amines) is 1. The van der Waals surface area contributed by atoms with Crippen molar-refractivity contribution in [1.82, 2.24) is 14.9 Å². The predicted molar refractivity (Wildman–Crippen MR) is 118 cm³/mol. The average molecular weight is 399 g/mol. The Morgan fingerprint density at radius 3 is 2.53 bits per heavy atom. The van der Waals surface area contributed by atoms with Gasteiger partial charge in [-0.05, 0) is 62.2 Å². The van der Waals surface area contributed by atoms with Gasteiger partial charge in [0.25, 0.3) is 5.56 Å². The summed E-state index contributed by atoms with van der Waals surface area (Å²) in [5, 5.41) is 9.63. The first-order valence-electron chi connectivity index (χ1n) is 10.7. The largest absolute Gasteiger partial charge is 0.371 e. The molecule has 152 valence electrons. The monoisotopic (exact) mass is 399 g/mol. The van der Waals surface area contributed by atoms with Crippen molar-refractivity contribution in [3.8, 4) is 6.07 Å². The quantitative estimate of drug-likeness (QED) is 0.732. The van der Waals surface area contributed by atoms with Crippen molar-refractivity contribution in [2.45, 2.75) is 31.2 Å². The molecule has 2 aliphatic heterocycles. The second-order valence-electron chi connectivity index (χ2n) is 8.33. The molecule has 0 radical (unpaired) electrons. The van der Waals surface area contributed by atoms with E-state index in [1.165, 1.54) is 5.69 Å². The van der Waals surface area contributed by atoms with Crippen LogP contribution < -0.4 is 10.5 Å². The van der Waals surface area contributed by atoms with Gasteiger partial charge in [-0.15, -0.1) is 0 Å². The maximum atomic E-state index is 12.4. The molecule has 0 spiro atoms.